The van der Waals surface area contributed by atoms with Gasteiger partial charge in [0.1, 0.15) is 5.75 Å². The highest BCUT2D eigenvalue weighted by atomic mass is 16.6. The second-order valence-electron chi connectivity index (χ2n) is 3.36. The predicted molar refractivity (Wildman–Crippen MR) is 59.9 cm³/mol. The summed E-state index contributed by atoms with van der Waals surface area (Å²) in [5.41, 5.74) is 0.103. The number of rotatable bonds is 4. The zero-order chi connectivity index (χ0) is 14.0. The van der Waals surface area contributed by atoms with Gasteiger partial charge in [-0.05, 0) is 6.07 Å². The number of methoxy groups -OCH3 is 1. The zero-order valence-electron chi connectivity index (χ0n) is 9.56. The molecule has 98 valence electrons. The molecule has 0 saturated carbocycles. The van der Waals surface area contributed by atoms with Gasteiger partial charge < -0.3 is 14.3 Å². The number of benzene rings is 1. The van der Waals surface area contributed by atoms with E-state index in [0.29, 0.717) is 0 Å². The van der Waals surface area contributed by atoms with Crippen molar-refractivity contribution < 1.29 is 24.0 Å². The van der Waals surface area contributed by atoms with Gasteiger partial charge in [-0.3, -0.25) is 10.1 Å². The normalized spacial score (nSPS) is 10.2. The Labute approximate surface area is 105 Å². The molecule has 2 aromatic rings. The number of carbonyl (C=O) groups is 1. The number of non-ortho nitro benzene ring substituents is 1. The highest BCUT2D eigenvalue weighted by Gasteiger charge is 2.19. The first-order chi connectivity index (χ1) is 9.02. The van der Waals surface area contributed by atoms with Crippen LogP contribution in [0.4, 0.5) is 5.69 Å². The molecule has 0 aliphatic rings. The van der Waals surface area contributed by atoms with Crippen LogP contribution < -0.4 is 4.74 Å². The van der Waals surface area contributed by atoms with Gasteiger partial charge in [0.25, 0.3) is 11.6 Å². The average molecular weight is 265 g/mol. The quantitative estimate of drug-likeness (QED) is 0.647. The van der Waals surface area contributed by atoms with Gasteiger partial charge in [0, 0.05) is 6.07 Å². The van der Waals surface area contributed by atoms with Crippen LogP contribution in [0.25, 0.3) is 11.5 Å². The second-order valence-corrected chi connectivity index (χ2v) is 3.36. The summed E-state index contributed by atoms with van der Waals surface area (Å²) in [7, 11) is 1.32. The van der Waals surface area contributed by atoms with Crippen molar-refractivity contribution in [1.29, 1.82) is 0 Å². The van der Waals surface area contributed by atoms with Crippen LogP contribution in [0.15, 0.2) is 22.6 Å². The van der Waals surface area contributed by atoms with Crippen LogP contribution in [0, 0.1) is 10.1 Å². The number of aromatic nitrogens is 2. The van der Waals surface area contributed by atoms with E-state index in [1.807, 2.05) is 0 Å². The lowest BCUT2D eigenvalue weighted by atomic mass is 10.2. The summed E-state index contributed by atoms with van der Waals surface area (Å²) in [5.74, 6) is -1.89. The largest absolute Gasteiger partial charge is 0.496 e. The van der Waals surface area contributed by atoms with Crippen molar-refractivity contribution in [1.82, 2.24) is 10.2 Å². The zero-order valence-corrected chi connectivity index (χ0v) is 9.56. The molecule has 9 heteroatoms. The number of nitro benzene ring substituents is 1. The van der Waals surface area contributed by atoms with Crippen LogP contribution in [-0.4, -0.2) is 33.3 Å². The third-order valence-electron chi connectivity index (χ3n) is 2.23. The molecule has 0 aliphatic carbocycles. The molecule has 0 saturated heterocycles. The monoisotopic (exact) mass is 265 g/mol. The van der Waals surface area contributed by atoms with Crippen molar-refractivity contribution in [3.8, 4) is 17.2 Å². The van der Waals surface area contributed by atoms with Crippen molar-refractivity contribution in [3.05, 3.63) is 34.2 Å². The third kappa shape index (κ3) is 2.34. The Hall–Kier alpha value is -2.97. The van der Waals surface area contributed by atoms with Crippen molar-refractivity contribution in [2.75, 3.05) is 7.11 Å². The highest BCUT2D eigenvalue weighted by Crippen LogP contribution is 2.32. The van der Waals surface area contributed by atoms with E-state index in [1.54, 1.807) is 0 Å². The summed E-state index contributed by atoms with van der Waals surface area (Å²) < 4.78 is 9.88. The Kier molecular flexibility index (Phi) is 3.10. The first-order valence-electron chi connectivity index (χ1n) is 4.92. The van der Waals surface area contributed by atoms with Gasteiger partial charge in [0.15, 0.2) is 0 Å². The van der Waals surface area contributed by atoms with Crippen LogP contribution in [-0.2, 0) is 0 Å². The van der Waals surface area contributed by atoms with Gasteiger partial charge in [-0.15, -0.1) is 10.2 Å². The molecule has 0 radical (unpaired) electrons. The number of hydrogen-bond acceptors (Lipinski definition) is 7. The molecular weight excluding hydrogens is 258 g/mol. The summed E-state index contributed by atoms with van der Waals surface area (Å²) in [5, 5.41) is 26.2. The van der Waals surface area contributed by atoms with Gasteiger partial charge in [0.05, 0.1) is 23.7 Å². The van der Waals surface area contributed by atoms with E-state index < -0.39 is 16.8 Å². The number of carboxylic acid groups (broad SMARTS) is 1. The summed E-state index contributed by atoms with van der Waals surface area (Å²) in [6, 6.07) is 3.75. The van der Waals surface area contributed by atoms with Gasteiger partial charge in [0.2, 0.25) is 0 Å². The Balaban J connectivity index is 2.48. The standard InChI is InChI=1S/C10H7N3O6/c1-18-7-4-5(13(16)17)2-3-6(7)8-11-12-9(19-8)10(14)15/h2-4H,1H3,(H,14,15). The first-order valence-corrected chi connectivity index (χ1v) is 4.92. The molecule has 0 amide bonds. The fourth-order valence-corrected chi connectivity index (χ4v) is 1.39. The lowest BCUT2D eigenvalue weighted by Crippen LogP contribution is -1.95. The fraction of sp³-hybridized carbons (Fsp3) is 0.100. The molecular formula is C10H7N3O6. The van der Waals surface area contributed by atoms with E-state index >= 15 is 0 Å². The molecule has 0 unspecified atom stereocenters. The Bertz CT molecular complexity index is 650. The third-order valence-corrected chi connectivity index (χ3v) is 2.23. The minimum Gasteiger partial charge on any atom is -0.496 e. The van der Waals surface area contributed by atoms with Gasteiger partial charge in [-0.25, -0.2) is 4.79 Å². The number of ether oxygens (including phenoxy) is 1. The molecule has 1 aromatic heterocycles. The van der Waals surface area contributed by atoms with Gasteiger partial charge in [-0.1, -0.05) is 0 Å². The molecule has 2 rings (SSSR count). The molecule has 1 heterocycles. The van der Waals surface area contributed by atoms with E-state index in [2.05, 4.69) is 10.2 Å². The number of nitrogens with zero attached hydrogens (tertiary/aromatic N) is 3. The molecule has 1 N–H and O–H groups in total. The van der Waals surface area contributed by atoms with E-state index in [9.17, 15) is 14.9 Å². The van der Waals surface area contributed by atoms with E-state index in [1.165, 1.54) is 25.3 Å². The summed E-state index contributed by atoms with van der Waals surface area (Å²) in [4.78, 5) is 20.7. The highest BCUT2D eigenvalue weighted by molar-refractivity contribution is 5.82. The van der Waals surface area contributed by atoms with Crippen LogP contribution in [0.1, 0.15) is 10.7 Å². The molecule has 19 heavy (non-hydrogen) atoms. The van der Waals surface area contributed by atoms with Crippen LogP contribution in [0.3, 0.4) is 0 Å². The summed E-state index contributed by atoms with van der Waals surface area (Å²) in [6.07, 6.45) is 0. The van der Waals surface area contributed by atoms with E-state index in [-0.39, 0.29) is 22.9 Å². The molecule has 1 aromatic carbocycles. The van der Waals surface area contributed by atoms with Gasteiger partial charge in [-0.2, -0.15) is 0 Å². The van der Waals surface area contributed by atoms with Crippen molar-refractivity contribution in [2.24, 2.45) is 0 Å². The number of nitro groups is 1. The lowest BCUT2D eigenvalue weighted by Gasteiger charge is -2.04. The molecule has 0 fully saturated rings. The first kappa shape index (κ1) is 12.5. The van der Waals surface area contributed by atoms with Crippen molar-refractivity contribution >= 4 is 11.7 Å². The number of carboxylic acids is 1. The summed E-state index contributed by atoms with van der Waals surface area (Å²) in [6.45, 7) is 0. The average Bonchev–Trinajstić information content (AvgIpc) is 2.87. The Morgan fingerprint density at radius 1 is 1.47 bits per heavy atom. The molecule has 9 nitrogen and oxygen atoms in total. The predicted octanol–water partition coefficient (Wildman–Crippen LogP) is 1.35. The maximum atomic E-state index is 10.6. The van der Waals surface area contributed by atoms with Gasteiger partial charge >= 0.3 is 11.9 Å². The van der Waals surface area contributed by atoms with Crippen LogP contribution in [0.2, 0.25) is 0 Å². The maximum absolute atomic E-state index is 10.6. The molecule has 0 spiro atoms. The van der Waals surface area contributed by atoms with Crippen molar-refractivity contribution in [2.45, 2.75) is 0 Å². The SMILES string of the molecule is COc1cc([N+](=O)[O-])ccc1-c1nnc(C(=O)O)o1. The van der Waals surface area contributed by atoms with Crippen LogP contribution in [0.5, 0.6) is 5.75 Å². The van der Waals surface area contributed by atoms with E-state index in [4.69, 9.17) is 14.3 Å². The van der Waals surface area contributed by atoms with E-state index in [0.717, 1.165) is 0 Å². The maximum Gasteiger partial charge on any atom is 0.393 e. The minimum absolute atomic E-state index is 0.0934. The molecule has 0 bridgehead atoms. The van der Waals surface area contributed by atoms with Crippen molar-refractivity contribution in [3.63, 3.8) is 0 Å². The number of hydrogen-bond donors (Lipinski definition) is 1. The Morgan fingerprint density at radius 3 is 2.74 bits per heavy atom. The fourth-order valence-electron chi connectivity index (χ4n) is 1.39. The second kappa shape index (κ2) is 4.72. The molecule has 0 atom stereocenters. The lowest BCUT2D eigenvalue weighted by molar-refractivity contribution is -0.384. The molecule has 0 aliphatic heterocycles. The van der Waals surface area contributed by atoms with Crippen LogP contribution >= 0.6 is 0 Å². The smallest absolute Gasteiger partial charge is 0.393 e. The topological polar surface area (TPSA) is 129 Å². The minimum atomic E-state index is -1.36. The Morgan fingerprint density at radius 2 is 2.21 bits per heavy atom. The number of aromatic carboxylic acids is 1. The summed E-state index contributed by atoms with van der Waals surface area (Å²) >= 11 is 0.